The van der Waals surface area contributed by atoms with Gasteiger partial charge in [0.05, 0.1) is 9.82 Å². The zero-order valence-corrected chi connectivity index (χ0v) is 12.5. The second kappa shape index (κ2) is 7.35. The van der Waals surface area contributed by atoms with Crippen LogP contribution in [0.2, 0.25) is 0 Å². The first-order valence-electron chi connectivity index (χ1n) is 6.57. The third kappa shape index (κ3) is 5.26. The molecule has 1 N–H and O–H groups in total. The van der Waals surface area contributed by atoms with E-state index in [0.717, 1.165) is 25.3 Å². The van der Waals surface area contributed by atoms with Gasteiger partial charge in [-0.05, 0) is 18.4 Å². The second-order valence-corrected chi connectivity index (χ2v) is 6.81. The summed E-state index contributed by atoms with van der Waals surface area (Å²) in [6.07, 6.45) is 2.76. The van der Waals surface area contributed by atoms with Crippen molar-refractivity contribution in [3.05, 3.63) is 34.4 Å². The molecule has 1 aromatic carbocycles. The van der Waals surface area contributed by atoms with Crippen LogP contribution in [0.4, 0.5) is 5.69 Å². The predicted molar refractivity (Wildman–Crippen MR) is 77.0 cm³/mol. The molecule has 0 fully saturated rings. The molecule has 0 saturated carbocycles. The molecule has 0 saturated heterocycles. The van der Waals surface area contributed by atoms with Gasteiger partial charge in [-0.25, -0.2) is 13.1 Å². The van der Waals surface area contributed by atoms with Crippen LogP contribution in [0.15, 0.2) is 29.2 Å². The van der Waals surface area contributed by atoms with Crippen LogP contribution in [0, 0.1) is 16.0 Å². The lowest BCUT2D eigenvalue weighted by Crippen LogP contribution is -2.24. The van der Waals surface area contributed by atoms with E-state index >= 15 is 0 Å². The molecule has 6 nitrogen and oxygen atoms in total. The Balaban J connectivity index is 2.60. The van der Waals surface area contributed by atoms with Crippen molar-refractivity contribution in [2.24, 2.45) is 5.92 Å². The molecule has 0 aromatic heterocycles. The summed E-state index contributed by atoms with van der Waals surface area (Å²) in [5.41, 5.74) is -0.229. The lowest BCUT2D eigenvalue weighted by atomic mass is 10.1. The molecule has 0 aliphatic heterocycles. The number of benzene rings is 1. The maximum atomic E-state index is 12.0. The first-order chi connectivity index (χ1) is 9.33. The van der Waals surface area contributed by atoms with Gasteiger partial charge in [0.1, 0.15) is 0 Å². The summed E-state index contributed by atoms with van der Waals surface area (Å²) in [4.78, 5) is 9.95. The van der Waals surface area contributed by atoms with E-state index in [9.17, 15) is 18.5 Å². The Kier molecular flexibility index (Phi) is 6.09. The quantitative estimate of drug-likeness (QED) is 0.454. The van der Waals surface area contributed by atoms with Crippen molar-refractivity contribution in [1.82, 2.24) is 4.72 Å². The van der Waals surface area contributed by atoms with E-state index in [1.807, 2.05) is 0 Å². The molecule has 0 spiro atoms. The van der Waals surface area contributed by atoms with Crippen molar-refractivity contribution in [3.8, 4) is 0 Å². The summed E-state index contributed by atoms with van der Waals surface area (Å²) in [7, 11) is -3.67. The zero-order chi connectivity index (χ0) is 15.2. The van der Waals surface area contributed by atoms with Gasteiger partial charge in [0.15, 0.2) is 0 Å². The monoisotopic (exact) mass is 300 g/mol. The zero-order valence-electron chi connectivity index (χ0n) is 11.7. The molecule has 112 valence electrons. The summed E-state index contributed by atoms with van der Waals surface area (Å²) < 4.78 is 26.4. The Morgan fingerprint density at radius 1 is 1.30 bits per heavy atom. The van der Waals surface area contributed by atoms with E-state index in [1.165, 1.54) is 18.2 Å². The van der Waals surface area contributed by atoms with Crippen molar-refractivity contribution >= 4 is 15.7 Å². The van der Waals surface area contributed by atoms with Gasteiger partial charge in [-0.2, -0.15) is 0 Å². The number of nitro benzene ring substituents is 1. The summed E-state index contributed by atoms with van der Waals surface area (Å²) in [5.74, 6) is 0.600. The number of unbranched alkanes of at least 4 members (excludes halogenated alkanes) is 1. The van der Waals surface area contributed by atoms with Crippen molar-refractivity contribution in [2.75, 3.05) is 6.54 Å². The van der Waals surface area contributed by atoms with Gasteiger partial charge in [0, 0.05) is 18.7 Å². The molecule has 1 rings (SSSR count). The van der Waals surface area contributed by atoms with Gasteiger partial charge in [0.25, 0.3) is 5.69 Å². The number of nitro groups is 1. The Hall–Kier alpha value is -1.47. The second-order valence-electron chi connectivity index (χ2n) is 5.04. The minimum absolute atomic E-state index is 0.0736. The average Bonchev–Trinajstić information content (AvgIpc) is 2.38. The van der Waals surface area contributed by atoms with E-state index < -0.39 is 14.9 Å². The first-order valence-corrected chi connectivity index (χ1v) is 8.05. The highest BCUT2D eigenvalue weighted by molar-refractivity contribution is 7.89. The SMILES string of the molecule is CC(C)CCCCNS(=O)(=O)c1cccc([N+](=O)[O-])c1. The summed E-state index contributed by atoms with van der Waals surface area (Å²) in [5, 5.41) is 10.6. The van der Waals surface area contributed by atoms with Crippen molar-refractivity contribution in [1.29, 1.82) is 0 Å². The number of sulfonamides is 1. The largest absolute Gasteiger partial charge is 0.270 e. The number of non-ortho nitro benzene ring substituents is 1. The van der Waals surface area contributed by atoms with Crippen molar-refractivity contribution < 1.29 is 13.3 Å². The van der Waals surface area contributed by atoms with Gasteiger partial charge in [-0.3, -0.25) is 10.1 Å². The fourth-order valence-electron chi connectivity index (χ4n) is 1.73. The minimum atomic E-state index is -3.67. The molecule has 0 aliphatic carbocycles. The molecule has 20 heavy (non-hydrogen) atoms. The van der Waals surface area contributed by atoms with Crippen LogP contribution in [0.3, 0.4) is 0 Å². The summed E-state index contributed by atoms with van der Waals surface area (Å²) in [6.45, 7) is 4.58. The van der Waals surface area contributed by atoms with Crippen molar-refractivity contribution in [3.63, 3.8) is 0 Å². The number of nitrogens with zero attached hydrogens (tertiary/aromatic N) is 1. The number of hydrogen-bond donors (Lipinski definition) is 1. The predicted octanol–water partition coefficient (Wildman–Crippen LogP) is 2.70. The Labute approximate surface area is 119 Å². The average molecular weight is 300 g/mol. The molecule has 0 atom stereocenters. The van der Waals surface area contributed by atoms with Crippen LogP contribution in [-0.2, 0) is 10.0 Å². The molecule has 0 aliphatic rings. The maximum absolute atomic E-state index is 12.0. The van der Waals surface area contributed by atoms with Gasteiger partial charge in [0.2, 0.25) is 10.0 Å². The van der Waals surface area contributed by atoms with Gasteiger partial charge in [-0.1, -0.05) is 32.8 Å². The molecule has 1 aromatic rings. The third-order valence-electron chi connectivity index (χ3n) is 2.84. The molecule has 0 radical (unpaired) electrons. The molecule has 0 unspecified atom stereocenters. The highest BCUT2D eigenvalue weighted by atomic mass is 32.2. The fraction of sp³-hybridized carbons (Fsp3) is 0.538. The maximum Gasteiger partial charge on any atom is 0.270 e. The minimum Gasteiger partial charge on any atom is -0.258 e. The lowest BCUT2D eigenvalue weighted by Gasteiger charge is -2.07. The van der Waals surface area contributed by atoms with E-state index in [1.54, 1.807) is 0 Å². The van der Waals surface area contributed by atoms with Gasteiger partial charge in [-0.15, -0.1) is 0 Å². The van der Waals surface area contributed by atoms with Crippen LogP contribution < -0.4 is 4.72 Å². The Bertz CT molecular complexity index is 555. The summed E-state index contributed by atoms with van der Waals surface area (Å²) in [6, 6.07) is 5.05. The standard InChI is InChI=1S/C13H20N2O4S/c1-11(2)6-3-4-9-14-20(18,19)13-8-5-7-12(10-13)15(16)17/h5,7-8,10-11,14H,3-4,6,9H2,1-2H3. The van der Waals surface area contributed by atoms with Crippen LogP contribution in [-0.4, -0.2) is 19.9 Å². The molecule has 0 bridgehead atoms. The normalized spacial score (nSPS) is 11.8. The van der Waals surface area contributed by atoms with Crippen molar-refractivity contribution in [2.45, 2.75) is 38.0 Å². The molecule has 0 amide bonds. The van der Waals surface area contributed by atoms with Crippen LogP contribution in [0.1, 0.15) is 33.1 Å². The first kappa shape index (κ1) is 16.6. The van der Waals surface area contributed by atoms with E-state index in [0.29, 0.717) is 12.5 Å². The van der Waals surface area contributed by atoms with E-state index in [-0.39, 0.29) is 10.6 Å². The Morgan fingerprint density at radius 3 is 2.60 bits per heavy atom. The van der Waals surface area contributed by atoms with Gasteiger partial charge >= 0.3 is 0 Å². The topological polar surface area (TPSA) is 89.3 Å². The third-order valence-corrected chi connectivity index (χ3v) is 4.30. The van der Waals surface area contributed by atoms with E-state index in [4.69, 9.17) is 0 Å². The van der Waals surface area contributed by atoms with E-state index in [2.05, 4.69) is 18.6 Å². The number of hydrogen-bond acceptors (Lipinski definition) is 4. The van der Waals surface area contributed by atoms with Crippen LogP contribution in [0.25, 0.3) is 0 Å². The summed E-state index contributed by atoms with van der Waals surface area (Å²) >= 11 is 0. The molecular weight excluding hydrogens is 280 g/mol. The molecule has 7 heteroatoms. The highest BCUT2D eigenvalue weighted by Gasteiger charge is 2.16. The van der Waals surface area contributed by atoms with Crippen LogP contribution in [0.5, 0.6) is 0 Å². The van der Waals surface area contributed by atoms with Crippen LogP contribution >= 0.6 is 0 Å². The highest BCUT2D eigenvalue weighted by Crippen LogP contribution is 2.17. The number of rotatable bonds is 8. The molecule has 0 heterocycles. The van der Waals surface area contributed by atoms with Gasteiger partial charge < -0.3 is 0 Å². The molecular formula is C13H20N2O4S. The number of nitrogens with one attached hydrogen (secondary N) is 1. The fourth-order valence-corrected chi connectivity index (χ4v) is 2.85. The smallest absolute Gasteiger partial charge is 0.258 e. The Morgan fingerprint density at radius 2 is 2.00 bits per heavy atom. The lowest BCUT2D eigenvalue weighted by molar-refractivity contribution is -0.385.